The molecule has 0 aliphatic rings. The van der Waals surface area contributed by atoms with Crippen molar-refractivity contribution in [1.29, 1.82) is 0 Å². The van der Waals surface area contributed by atoms with Gasteiger partial charge in [-0.05, 0) is 37.0 Å². The molecule has 4 unspecified atom stereocenters. The van der Waals surface area contributed by atoms with Crippen LogP contribution in [0.4, 0.5) is 0 Å². The van der Waals surface area contributed by atoms with Crippen LogP contribution in [-0.2, 0) is 30.4 Å². The highest BCUT2D eigenvalue weighted by Crippen LogP contribution is 2.12. The molecule has 1 aromatic carbocycles. The van der Waals surface area contributed by atoms with E-state index < -0.39 is 66.9 Å². The molecule has 0 aromatic heterocycles. The smallest absolute Gasteiger partial charge is 0.326 e. The van der Waals surface area contributed by atoms with Crippen LogP contribution in [0, 0.1) is 0 Å². The number of benzene rings is 1. The van der Waals surface area contributed by atoms with Gasteiger partial charge in [0, 0.05) is 19.4 Å². The van der Waals surface area contributed by atoms with E-state index in [0.717, 1.165) is 0 Å². The Morgan fingerprint density at radius 1 is 0.846 bits per heavy atom. The number of aliphatic hydroxyl groups is 1. The molecule has 1 rings (SSSR count). The molecule has 3 amide bonds. The number of nitrogens with one attached hydrogen (secondary N) is 3. The minimum absolute atomic E-state index is 0.0253. The number of amides is 3. The third kappa shape index (κ3) is 12.6. The standard InChI is InChI=1S/C23H35N7O9/c24-14(11-31)19(35)28-16(7-8-18(33)34)21(37)29-15(2-1-9-27-23(25)26)20(36)30-17(22(38)39)10-12-3-5-13(32)6-4-12/h3-6,14-17,31-32H,1-2,7-11,24H2,(H,28,35)(H,29,37)(H,30,36)(H,33,34)(H,38,39)(H4,25,26,27). The van der Waals surface area contributed by atoms with Gasteiger partial charge in [0.15, 0.2) is 5.96 Å². The number of carboxylic acids is 2. The Labute approximate surface area is 223 Å². The number of phenols is 1. The predicted octanol–water partition coefficient (Wildman–Crippen LogP) is -3.29. The number of carboxylic acid groups (broad SMARTS) is 2. The van der Waals surface area contributed by atoms with Crippen molar-refractivity contribution >= 4 is 35.6 Å². The fraction of sp³-hybridized carbons (Fsp3) is 0.478. The van der Waals surface area contributed by atoms with Gasteiger partial charge in [0.05, 0.1) is 6.61 Å². The van der Waals surface area contributed by atoms with Crippen molar-refractivity contribution in [3.05, 3.63) is 29.8 Å². The van der Waals surface area contributed by atoms with Gasteiger partial charge in [0.1, 0.15) is 29.9 Å². The van der Waals surface area contributed by atoms with Crippen LogP contribution in [0.1, 0.15) is 31.2 Å². The summed E-state index contributed by atoms with van der Waals surface area (Å²) < 4.78 is 0. The van der Waals surface area contributed by atoms with E-state index >= 15 is 0 Å². The van der Waals surface area contributed by atoms with Gasteiger partial charge in [-0.2, -0.15) is 0 Å². The summed E-state index contributed by atoms with van der Waals surface area (Å²) in [6.45, 7) is -0.644. The maximum absolute atomic E-state index is 13.1. The van der Waals surface area contributed by atoms with Gasteiger partial charge in [0.2, 0.25) is 17.7 Å². The SMILES string of the molecule is NC(N)=NCCCC(NC(=O)C(CCC(=O)O)NC(=O)C(N)CO)C(=O)NC(Cc1ccc(O)cc1)C(=O)O. The number of hydrogen-bond donors (Lipinski definition) is 10. The molecule has 39 heavy (non-hydrogen) atoms. The summed E-state index contributed by atoms with van der Waals surface area (Å²) in [5, 5.41) is 44.1. The monoisotopic (exact) mass is 553 g/mol. The third-order valence-corrected chi connectivity index (χ3v) is 5.38. The molecule has 16 nitrogen and oxygen atoms in total. The molecule has 0 heterocycles. The summed E-state index contributed by atoms with van der Waals surface area (Å²) in [7, 11) is 0. The minimum atomic E-state index is -1.42. The Kier molecular flexibility index (Phi) is 13.7. The van der Waals surface area contributed by atoms with Gasteiger partial charge in [0.25, 0.3) is 0 Å². The summed E-state index contributed by atoms with van der Waals surface area (Å²) in [6, 6.07) is 0.172. The molecule has 0 saturated heterocycles. The fourth-order valence-electron chi connectivity index (χ4n) is 3.28. The highest BCUT2D eigenvalue weighted by Gasteiger charge is 2.30. The van der Waals surface area contributed by atoms with Crippen molar-refractivity contribution in [2.75, 3.05) is 13.2 Å². The number of carbonyl (C=O) groups excluding carboxylic acids is 3. The molecule has 216 valence electrons. The number of aromatic hydroxyl groups is 1. The van der Waals surface area contributed by atoms with Gasteiger partial charge in [-0.3, -0.25) is 24.2 Å². The molecule has 1 aromatic rings. The fourth-order valence-corrected chi connectivity index (χ4v) is 3.28. The molecule has 0 saturated carbocycles. The highest BCUT2D eigenvalue weighted by atomic mass is 16.4. The van der Waals surface area contributed by atoms with Crippen LogP contribution in [-0.4, -0.2) is 93.4 Å². The zero-order valence-electron chi connectivity index (χ0n) is 21.1. The van der Waals surface area contributed by atoms with Crippen molar-refractivity contribution in [2.45, 2.75) is 56.3 Å². The third-order valence-electron chi connectivity index (χ3n) is 5.38. The molecule has 0 aliphatic carbocycles. The molecule has 4 atom stereocenters. The number of nitrogens with zero attached hydrogens (tertiary/aromatic N) is 1. The molecule has 0 bridgehead atoms. The summed E-state index contributed by atoms with van der Waals surface area (Å²) in [5.41, 5.74) is 16.5. The topological polar surface area (TPSA) is 293 Å². The van der Waals surface area contributed by atoms with E-state index in [-0.39, 0.29) is 43.9 Å². The first-order chi connectivity index (χ1) is 18.3. The van der Waals surface area contributed by atoms with Crippen LogP contribution in [0.15, 0.2) is 29.3 Å². The van der Waals surface area contributed by atoms with Crippen LogP contribution in [0.25, 0.3) is 0 Å². The molecule has 16 heteroatoms. The van der Waals surface area contributed by atoms with Gasteiger partial charge in [-0.25, -0.2) is 4.79 Å². The molecular weight excluding hydrogens is 518 g/mol. The highest BCUT2D eigenvalue weighted by molar-refractivity contribution is 5.94. The average Bonchev–Trinajstić information content (AvgIpc) is 2.87. The first-order valence-electron chi connectivity index (χ1n) is 11.9. The minimum Gasteiger partial charge on any atom is -0.508 e. The second-order valence-corrected chi connectivity index (χ2v) is 8.56. The number of aliphatic carboxylic acids is 2. The Bertz CT molecular complexity index is 1030. The maximum atomic E-state index is 13.1. The van der Waals surface area contributed by atoms with Crippen LogP contribution < -0.4 is 33.2 Å². The number of guanidine groups is 1. The summed E-state index contributed by atoms with van der Waals surface area (Å²) in [5.74, 6) is -5.54. The molecular formula is C23H35N7O9. The number of rotatable bonds is 17. The molecule has 0 aliphatic heterocycles. The maximum Gasteiger partial charge on any atom is 0.326 e. The quantitative estimate of drug-likeness (QED) is 0.0516. The van der Waals surface area contributed by atoms with Crippen molar-refractivity contribution < 1.29 is 44.4 Å². The second-order valence-electron chi connectivity index (χ2n) is 8.56. The van der Waals surface area contributed by atoms with Crippen LogP contribution >= 0.6 is 0 Å². The number of aliphatic hydroxyl groups excluding tert-OH is 1. The largest absolute Gasteiger partial charge is 0.508 e. The lowest BCUT2D eigenvalue weighted by atomic mass is 10.0. The number of hydrogen-bond acceptors (Lipinski definition) is 9. The second kappa shape index (κ2) is 16.4. The number of carbonyl (C=O) groups is 5. The zero-order valence-corrected chi connectivity index (χ0v) is 21.1. The number of nitrogens with two attached hydrogens (primary N) is 3. The lowest BCUT2D eigenvalue weighted by Gasteiger charge is -2.25. The normalized spacial score (nSPS) is 13.7. The summed E-state index contributed by atoms with van der Waals surface area (Å²) in [4.78, 5) is 64.9. The van der Waals surface area contributed by atoms with Gasteiger partial charge in [-0.15, -0.1) is 0 Å². The lowest BCUT2D eigenvalue weighted by Crippen LogP contribution is -2.57. The van der Waals surface area contributed by atoms with Gasteiger partial charge in [-0.1, -0.05) is 12.1 Å². The molecule has 0 radical (unpaired) electrons. The van der Waals surface area contributed by atoms with E-state index in [1.165, 1.54) is 24.3 Å². The van der Waals surface area contributed by atoms with Gasteiger partial charge >= 0.3 is 11.9 Å². The lowest BCUT2D eigenvalue weighted by molar-refractivity contribution is -0.142. The first-order valence-corrected chi connectivity index (χ1v) is 11.9. The van der Waals surface area contributed by atoms with Crippen molar-refractivity contribution in [3.8, 4) is 5.75 Å². The van der Waals surface area contributed by atoms with Crippen LogP contribution in [0.2, 0.25) is 0 Å². The Hall–Kier alpha value is -4.44. The van der Waals surface area contributed by atoms with E-state index in [0.29, 0.717) is 5.56 Å². The van der Waals surface area contributed by atoms with Crippen LogP contribution in [0.3, 0.4) is 0 Å². The number of phenolic OH excluding ortho intramolecular Hbond substituents is 1. The number of aliphatic imine (C=N–C) groups is 1. The van der Waals surface area contributed by atoms with Crippen molar-refractivity contribution in [2.24, 2.45) is 22.2 Å². The Balaban J connectivity index is 3.10. The Morgan fingerprint density at radius 3 is 1.90 bits per heavy atom. The zero-order chi connectivity index (χ0) is 29.5. The van der Waals surface area contributed by atoms with Crippen molar-refractivity contribution in [3.63, 3.8) is 0 Å². The van der Waals surface area contributed by atoms with E-state index in [9.17, 15) is 34.2 Å². The van der Waals surface area contributed by atoms with Gasteiger partial charge < -0.3 is 53.6 Å². The van der Waals surface area contributed by atoms with E-state index in [1.807, 2.05) is 0 Å². The Morgan fingerprint density at radius 2 is 1.38 bits per heavy atom. The van der Waals surface area contributed by atoms with E-state index in [2.05, 4.69) is 20.9 Å². The first kappa shape index (κ1) is 32.6. The summed E-state index contributed by atoms with van der Waals surface area (Å²) >= 11 is 0. The van der Waals surface area contributed by atoms with Crippen molar-refractivity contribution in [1.82, 2.24) is 16.0 Å². The molecule has 13 N–H and O–H groups in total. The van der Waals surface area contributed by atoms with Crippen LogP contribution in [0.5, 0.6) is 5.75 Å². The molecule has 0 spiro atoms. The average molecular weight is 554 g/mol. The van der Waals surface area contributed by atoms with E-state index in [4.69, 9.17) is 27.4 Å². The summed E-state index contributed by atoms with van der Waals surface area (Å²) in [6.07, 6.45) is -0.858. The molecule has 0 fully saturated rings. The predicted molar refractivity (Wildman–Crippen MR) is 137 cm³/mol. The van der Waals surface area contributed by atoms with E-state index in [1.54, 1.807) is 0 Å².